The first-order chi connectivity index (χ1) is 11.7. The molecule has 1 aromatic rings. The van der Waals surface area contributed by atoms with Gasteiger partial charge in [-0.15, -0.1) is 0 Å². The van der Waals surface area contributed by atoms with Crippen molar-refractivity contribution in [2.24, 2.45) is 35.5 Å². The molecule has 6 rings (SSSR count). The van der Waals surface area contributed by atoms with Gasteiger partial charge in [0.2, 0.25) is 11.8 Å². The normalized spacial score (nSPS) is 38.3. The number of benzene rings is 1. The Morgan fingerprint density at radius 3 is 2.12 bits per heavy atom. The predicted molar refractivity (Wildman–Crippen MR) is 89.4 cm³/mol. The Balaban J connectivity index is 1.44. The maximum absolute atomic E-state index is 13.0. The molecule has 0 aromatic heterocycles. The van der Waals surface area contributed by atoms with Crippen LogP contribution in [0, 0.1) is 35.5 Å². The van der Waals surface area contributed by atoms with E-state index >= 15 is 0 Å². The second-order valence-corrected chi connectivity index (χ2v) is 7.51. The summed E-state index contributed by atoms with van der Waals surface area (Å²) in [6.07, 6.45) is 6.55. The summed E-state index contributed by atoms with van der Waals surface area (Å²) in [5.41, 5.74) is 0.677. The number of anilines is 1. The number of nitrogens with zero attached hydrogens (tertiary/aromatic N) is 1. The number of amides is 2. The molecule has 2 amide bonds. The van der Waals surface area contributed by atoms with Crippen molar-refractivity contribution in [1.82, 2.24) is 0 Å². The van der Waals surface area contributed by atoms with Gasteiger partial charge in [-0.25, -0.2) is 0 Å². The SMILES string of the molecule is CCCOc1ccc(N2C(=O)C3C4C=CC(C5CC45)C3C2=O)cc1. The lowest BCUT2D eigenvalue weighted by Gasteiger charge is -2.37. The standard InChI is InChI=1S/C20H21NO3/c1-2-9-24-12-5-3-11(4-6-12)21-19(22)17-13-7-8-14(16-10-15(13)16)18(17)20(21)23/h3-8,13-18H,2,9-10H2,1H3. The van der Waals surface area contributed by atoms with Crippen molar-refractivity contribution in [2.45, 2.75) is 19.8 Å². The van der Waals surface area contributed by atoms with Crippen molar-refractivity contribution in [3.63, 3.8) is 0 Å². The number of imide groups is 1. The summed E-state index contributed by atoms with van der Waals surface area (Å²) in [5.74, 6) is 2.34. The largest absolute Gasteiger partial charge is 0.494 e. The highest BCUT2D eigenvalue weighted by molar-refractivity contribution is 6.22. The molecule has 1 heterocycles. The molecule has 5 aliphatic rings. The van der Waals surface area contributed by atoms with Crippen LogP contribution in [0.3, 0.4) is 0 Å². The summed E-state index contributed by atoms with van der Waals surface area (Å²) >= 11 is 0. The van der Waals surface area contributed by atoms with Crippen LogP contribution < -0.4 is 9.64 Å². The highest BCUT2D eigenvalue weighted by Crippen LogP contribution is 2.65. The molecule has 6 unspecified atom stereocenters. The molecule has 0 radical (unpaired) electrons. The van der Waals surface area contributed by atoms with Gasteiger partial charge < -0.3 is 4.74 Å². The summed E-state index contributed by atoms with van der Waals surface area (Å²) in [5, 5.41) is 0. The number of ether oxygens (including phenoxy) is 1. The van der Waals surface area contributed by atoms with E-state index < -0.39 is 0 Å². The molecule has 1 aliphatic heterocycles. The molecule has 2 bridgehead atoms. The first-order valence-corrected chi connectivity index (χ1v) is 8.99. The molecule has 0 spiro atoms. The topological polar surface area (TPSA) is 46.6 Å². The summed E-state index contributed by atoms with van der Waals surface area (Å²) in [6, 6.07) is 7.35. The minimum atomic E-state index is -0.132. The third-order valence-corrected chi connectivity index (χ3v) is 6.23. The molecular weight excluding hydrogens is 302 g/mol. The Kier molecular flexibility index (Phi) is 2.94. The van der Waals surface area contributed by atoms with E-state index in [1.807, 2.05) is 24.3 Å². The molecule has 6 atom stereocenters. The van der Waals surface area contributed by atoms with Gasteiger partial charge in [-0.2, -0.15) is 0 Å². The maximum Gasteiger partial charge on any atom is 0.238 e. The van der Waals surface area contributed by atoms with Gasteiger partial charge >= 0.3 is 0 Å². The average Bonchev–Trinajstić information content (AvgIpc) is 3.38. The Labute approximate surface area is 141 Å². The van der Waals surface area contributed by atoms with Crippen molar-refractivity contribution >= 4 is 17.5 Å². The van der Waals surface area contributed by atoms with E-state index in [1.54, 1.807) is 0 Å². The molecule has 24 heavy (non-hydrogen) atoms. The molecule has 4 nitrogen and oxygen atoms in total. The molecule has 124 valence electrons. The van der Waals surface area contributed by atoms with E-state index in [4.69, 9.17) is 4.74 Å². The van der Waals surface area contributed by atoms with Crippen LogP contribution in [-0.2, 0) is 9.59 Å². The van der Waals surface area contributed by atoms with Crippen LogP contribution in [0.15, 0.2) is 36.4 Å². The third kappa shape index (κ3) is 1.80. The van der Waals surface area contributed by atoms with Gasteiger partial charge in [-0.1, -0.05) is 19.1 Å². The van der Waals surface area contributed by atoms with E-state index in [-0.39, 0.29) is 35.5 Å². The fourth-order valence-electron chi connectivity index (χ4n) is 5.12. The van der Waals surface area contributed by atoms with Crippen molar-refractivity contribution in [3.05, 3.63) is 36.4 Å². The van der Waals surface area contributed by atoms with Crippen molar-refractivity contribution < 1.29 is 14.3 Å². The molecular formula is C20H21NO3. The Hall–Kier alpha value is -2.10. The first-order valence-electron chi connectivity index (χ1n) is 8.99. The van der Waals surface area contributed by atoms with Gasteiger partial charge in [0, 0.05) is 0 Å². The second-order valence-electron chi connectivity index (χ2n) is 7.51. The molecule has 4 aliphatic carbocycles. The number of hydrogen-bond donors (Lipinski definition) is 0. The molecule has 4 heteroatoms. The van der Waals surface area contributed by atoms with Crippen molar-refractivity contribution in [3.8, 4) is 5.75 Å². The molecule has 1 saturated heterocycles. The van der Waals surface area contributed by atoms with Crippen LogP contribution >= 0.6 is 0 Å². The fraction of sp³-hybridized carbons (Fsp3) is 0.500. The molecule has 3 fully saturated rings. The molecule has 1 aromatic carbocycles. The van der Waals surface area contributed by atoms with Crippen LogP contribution in [0.1, 0.15) is 19.8 Å². The lowest BCUT2D eigenvalue weighted by atomic mass is 9.63. The summed E-state index contributed by atoms with van der Waals surface area (Å²) < 4.78 is 5.59. The zero-order valence-corrected chi connectivity index (χ0v) is 13.7. The van der Waals surface area contributed by atoms with E-state index in [1.165, 1.54) is 11.3 Å². The highest BCUT2D eigenvalue weighted by Gasteiger charge is 2.67. The van der Waals surface area contributed by atoms with E-state index in [9.17, 15) is 9.59 Å². The molecule has 2 saturated carbocycles. The van der Waals surface area contributed by atoms with Crippen LogP contribution in [0.2, 0.25) is 0 Å². The number of rotatable bonds is 4. The third-order valence-electron chi connectivity index (χ3n) is 6.23. The van der Waals surface area contributed by atoms with Crippen LogP contribution in [0.4, 0.5) is 5.69 Å². The van der Waals surface area contributed by atoms with E-state index in [0.717, 1.165) is 12.2 Å². The minimum absolute atomic E-state index is 0.00285. The minimum Gasteiger partial charge on any atom is -0.494 e. The van der Waals surface area contributed by atoms with E-state index in [0.29, 0.717) is 24.1 Å². The lowest BCUT2D eigenvalue weighted by Crippen LogP contribution is -2.40. The smallest absolute Gasteiger partial charge is 0.238 e. The number of allylic oxidation sites excluding steroid dienone is 2. The zero-order valence-electron chi connectivity index (χ0n) is 13.7. The monoisotopic (exact) mass is 323 g/mol. The van der Waals surface area contributed by atoms with E-state index in [2.05, 4.69) is 19.1 Å². The van der Waals surface area contributed by atoms with Crippen LogP contribution in [0.5, 0.6) is 5.75 Å². The Morgan fingerprint density at radius 1 is 1.00 bits per heavy atom. The van der Waals surface area contributed by atoms with Gasteiger partial charge in [0.05, 0.1) is 24.1 Å². The van der Waals surface area contributed by atoms with Gasteiger partial charge in [0.1, 0.15) is 5.75 Å². The number of carbonyl (C=O) groups is 2. The maximum atomic E-state index is 13.0. The fourth-order valence-corrected chi connectivity index (χ4v) is 5.12. The van der Waals surface area contributed by atoms with Gasteiger partial charge in [-0.05, 0) is 60.8 Å². The summed E-state index contributed by atoms with van der Waals surface area (Å²) in [7, 11) is 0. The lowest BCUT2D eigenvalue weighted by molar-refractivity contribution is -0.124. The quantitative estimate of drug-likeness (QED) is 0.632. The van der Waals surface area contributed by atoms with Crippen molar-refractivity contribution in [1.29, 1.82) is 0 Å². The molecule has 0 N–H and O–H groups in total. The van der Waals surface area contributed by atoms with Crippen LogP contribution in [-0.4, -0.2) is 18.4 Å². The summed E-state index contributed by atoms with van der Waals surface area (Å²) in [4.78, 5) is 27.4. The Morgan fingerprint density at radius 2 is 1.58 bits per heavy atom. The van der Waals surface area contributed by atoms with Crippen molar-refractivity contribution in [2.75, 3.05) is 11.5 Å². The van der Waals surface area contributed by atoms with Gasteiger partial charge in [0.25, 0.3) is 0 Å². The highest BCUT2D eigenvalue weighted by atomic mass is 16.5. The van der Waals surface area contributed by atoms with Crippen LogP contribution in [0.25, 0.3) is 0 Å². The van der Waals surface area contributed by atoms with Gasteiger partial charge in [-0.3, -0.25) is 14.5 Å². The number of hydrogen-bond acceptors (Lipinski definition) is 3. The predicted octanol–water partition coefficient (Wildman–Crippen LogP) is 3.03. The van der Waals surface area contributed by atoms with Gasteiger partial charge in [0.15, 0.2) is 0 Å². The summed E-state index contributed by atoms with van der Waals surface area (Å²) in [6.45, 7) is 2.73. The Bertz CT molecular complexity index is 702. The second kappa shape index (κ2) is 4.95. The first kappa shape index (κ1) is 14.3. The number of carbonyl (C=O) groups excluding carboxylic acids is 2. The zero-order chi connectivity index (χ0) is 16.4. The average molecular weight is 323 g/mol.